The van der Waals surface area contributed by atoms with Crippen LogP contribution < -0.4 is 9.80 Å². The summed E-state index contributed by atoms with van der Waals surface area (Å²) in [5, 5.41) is 0. The highest BCUT2D eigenvalue weighted by Gasteiger charge is 2.29. The fourth-order valence-corrected chi connectivity index (χ4v) is 5.21. The maximum absolute atomic E-state index is 14.1. The summed E-state index contributed by atoms with van der Waals surface area (Å²) in [6.07, 6.45) is 3.34. The van der Waals surface area contributed by atoms with Crippen molar-refractivity contribution < 1.29 is 14.0 Å². The number of rotatable bonds is 3. The van der Waals surface area contributed by atoms with Gasteiger partial charge in [0.2, 0.25) is 0 Å². The zero-order valence-corrected chi connectivity index (χ0v) is 19.5. The lowest BCUT2D eigenvalue weighted by Crippen LogP contribution is -2.49. The molecule has 0 spiro atoms. The number of thioether (sulfide) groups is 1. The van der Waals surface area contributed by atoms with E-state index in [9.17, 15) is 14.0 Å². The van der Waals surface area contributed by atoms with Crippen LogP contribution in [-0.2, 0) is 4.79 Å². The Labute approximate surface area is 201 Å². The van der Waals surface area contributed by atoms with Crippen molar-refractivity contribution in [2.24, 2.45) is 0 Å². The second kappa shape index (κ2) is 9.30. The van der Waals surface area contributed by atoms with Gasteiger partial charge in [-0.3, -0.25) is 9.59 Å². The number of pyridine rings is 1. The number of hydrogen-bond acceptors (Lipinski definition) is 5. The van der Waals surface area contributed by atoms with Crippen molar-refractivity contribution in [1.29, 1.82) is 0 Å². The van der Waals surface area contributed by atoms with Crippen molar-refractivity contribution in [2.75, 3.05) is 43.0 Å². The van der Waals surface area contributed by atoms with E-state index < -0.39 is 0 Å². The first-order valence-corrected chi connectivity index (χ1v) is 11.8. The number of nitrogens with zero attached hydrogens (tertiary/aromatic N) is 4. The smallest absolute Gasteiger partial charge is 0.264 e. The Hall–Kier alpha value is -3.65. The Morgan fingerprint density at radius 2 is 1.79 bits per heavy atom. The number of carbonyl (C=O) groups excluding carboxylic acids is 2. The number of hydrogen-bond donors (Lipinski definition) is 0. The molecule has 0 unspecified atom stereocenters. The summed E-state index contributed by atoms with van der Waals surface area (Å²) in [5.74, 6) is 0.261. The molecular formula is C26H23FN4O2S. The number of halogens is 1. The molecule has 0 atom stereocenters. The van der Waals surface area contributed by atoms with Crippen molar-refractivity contribution in [2.45, 2.75) is 4.90 Å². The van der Waals surface area contributed by atoms with Crippen molar-refractivity contribution in [1.82, 2.24) is 9.88 Å². The van der Waals surface area contributed by atoms with E-state index in [2.05, 4.69) is 9.88 Å². The third-order valence-corrected chi connectivity index (χ3v) is 7.11. The largest absolute Gasteiger partial charge is 0.353 e. The number of amides is 2. The maximum atomic E-state index is 14.1. The van der Waals surface area contributed by atoms with Gasteiger partial charge in [-0.15, -0.1) is 0 Å². The topological polar surface area (TPSA) is 56.8 Å². The van der Waals surface area contributed by atoms with Crippen LogP contribution in [0.2, 0.25) is 0 Å². The summed E-state index contributed by atoms with van der Waals surface area (Å²) in [7, 11) is 1.68. The molecular weight excluding hydrogens is 451 g/mol. The Kier molecular flexibility index (Phi) is 6.06. The summed E-state index contributed by atoms with van der Waals surface area (Å²) in [4.78, 5) is 37.4. The van der Waals surface area contributed by atoms with Crippen LogP contribution in [-0.4, -0.2) is 54.9 Å². The van der Waals surface area contributed by atoms with Gasteiger partial charge < -0.3 is 14.7 Å². The van der Waals surface area contributed by atoms with Crippen LogP contribution in [0.4, 0.5) is 15.9 Å². The van der Waals surface area contributed by atoms with E-state index in [0.29, 0.717) is 47.9 Å². The number of aromatic nitrogens is 1. The second-order valence-corrected chi connectivity index (χ2v) is 9.23. The summed E-state index contributed by atoms with van der Waals surface area (Å²) in [6, 6.07) is 17.6. The van der Waals surface area contributed by atoms with Gasteiger partial charge in [0.25, 0.3) is 11.8 Å². The van der Waals surface area contributed by atoms with Gasteiger partial charge in [0.1, 0.15) is 11.6 Å². The summed E-state index contributed by atoms with van der Waals surface area (Å²) < 4.78 is 14.1. The molecule has 1 fully saturated rings. The van der Waals surface area contributed by atoms with Crippen LogP contribution >= 0.6 is 11.8 Å². The average molecular weight is 475 g/mol. The minimum absolute atomic E-state index is 0.0537. The quantitative estimate of drug-likeness (QED) is 0.530. The Morgan fingerprint density at radius 1 is 1.03 bits per heavy atom. The van der Waals surface area contributed by atoms with E-state index in [1.54, 1.807) is 49.7 Å². The highest BCUT2D eigenvalue weighted by atomic mass is 32.2. The molecule has 172 valence electrons. The number of benzene rings is 2. The molecule has 8 heteroatoms. The molecule has 0 radical (unpaired) electrons. The van der Waals surface area contributed by atoms with Crippen LogP contribution in [0.1, 0.15) is 15.9 Å². The Bertz CT molecular complexity index is 1270. The molecule has 0 bridgehead atoms. The Balaban J connectivity index is 1.32. The minimum atomic E-state index is -0.374. The van der Waals surface area contributed by atoms with Gasteiger partial charge >= 0.3 is 0 Å². The van der Waals surface area contributed by atoms with E-state index in [-0.39, 0.29) is 17.6 Å². The number of carbonyl (C=O) groups is 2. The summed E-state index contributed by atoms with van der Waals surface area (Å²) in [6.45, 7) is 2.63. The fraction of sp³-hybridized carbons (Fsp3) is 0.192. The number of piperazine rings is 1. The number of likely N-dealkylation sites (N-methyl/N-ethyl adjacent to an activating group) is 1. The lowest BCUT2D eigenvalue weighted by Gasteiger charge is -2.35. The second-order valence-electron chi connectivity index (χ2n) is 8.15. The molecule has 0 aliphatic carbocycles. The predicted octanol–water partition coefficient (Wildman–Crippen LogP) is 4.29. The van der Waals surface area contributed by atoms with Gasteiger partial charge in [-0.05, 0) is 42.5 Å². The van der Waals surface area contributed by atoms with Crippen LogP contribution in [0.15, 0.2) is 76.7 Å². The third-order valence-electron chi connectivity index (χ3n) is 6.03. The van der Waals surface area contributed by atoms with Gasteiger partial charge in [0, 0.05) is 55.4 Å². The molecule has 0 N–H and O–H groups in total. The standard InChI is InChI=1S/C26H23FN4O2S/c1-29-21-16-19(25(32)31-14-12-30(13-15-31)24-8-4-5-11-28-24)9-10-22(21)34-23(26(29)33)17-18-6-2-3-7-20(18)27/h2-11,16-17H,12-15H2,1H3. The normalized spacial score (nSPS) is 17.2. The first-order chi connectivity index (χ1) is 16.5. The molecule has 2 aliphatic rings. The molecule has 1 aromatic heterocycles. The van der Waals surface area contributed by atoms with Crippen molar-refractivity contribution in [3.05, 3.63) is 88.7 Å². The minimum Gasteiger partial charge on any atom is -0.353 e. The highest BCUT2D eigenvalue weighted by Crippen LogP contribution is 2.42. The van der Waals surface area contributed by atoms with Gasteiger partial charge in [-0.2, -0.15) is 0 Å². The zero-order valence-electron chi connectivity index (χ0n) is 18.6. The van der Waals surface area contributed by atoms with Gasteiger partial charge in [-0.25, -0.2) is 9.37 Å². The van der Waals surface area contributed by atoms with Gasteiger partial charge in [0.05, 0.1) is 10.6 Å². The first kappa shape index (κ1) is 22.2. The van der Waals surface area contributed by atoms with E-state index >= 15 is 0 Å². The molecule has 2 aromatic carbocycles. The SMILES string of the molecule is CN1C(=O)C(=Cc2ccccc2F)Sc2ccc(C(=O)N3CCN(c4ccccn4)CC3)cc21. The van der Waals surface area contributed by atoms with Crippen LogP contribution in [0.3, 0.4) is 0 Å². The monoisotopic (exact) mass is 474 g/mol. The van der Waals surface area contributed by atoms with E-state index in [1.165, 1.54) is 22.7 Å². The number of anilines is 2. The predicted molar refractivity (Wildman–Crippen MR) is 132 cm³/mol. The fourth-order valence-electron chi connectivity index (χ4n) is 4.12. The highest BCUT2D eigenvalue weighted by molar-refractivity contribution is 8.04. The first-order valence-electron chi connectivity index (χ1n) is 11.0. The molecule has 34 heavy (non-hydrogen) atoms. The van der Waals surface area contributed by atoms with Crippen LogP contribution in [0.25, 0.3) is 6.08 Å². The van der Waals surface area contributed by atoms with Crippen molar-refractivity contribution in [3.8, 4) is 0 Å². The van der Waals surface area contributed by atoms with Crippen LogP contribution in [0, 0.1) is 5.82 Å². The molecule has 2 amide bonds. The summed E-state index contributed by atoms with van der Waals surface area (Å²) >= 11 is 1.29. The summed E-state index contributed by atoms with van der Waals surface area (Å²) in [5.41, 5.74) is 1.59. The molecule has 6 nitrogen and oxygen atoms in total. The molecule has 3 heterocycles. The molecule has 0 saturated carbocycles. The van der Waals surface area contributed by atoms with Crippen molar-refractivity contribution in [3.63, 3.8) is 0 Å². The van der Waals surface area contributed by atoms with E-state index in [4.69, 9.17) is 0 Å². The lowest BCUT2D eigenvalue weighted by atomic mass is 10.1. The average Bonchev–Trinajstić information content (AvgIpc) is 2.88. The maximum Gasteiger partial charge on any atom is 0.264 e. The number of fused-ring (bicyclic) bond motifs is 1. The van der Waals surface area contributed by atoms with E-state index in [0.717, 1.165) is 10.7 Å². The van der Waals surface area contributed by atoms with Gasteiger partial charge in [-0.1, -0.05) is 36.0 Å². The molecule has 3 aromatic rings. The van der Waals surface area contributed by atoms with Crippen molar-refractivity contribution >= 4 is 41.2 Å². The van der Waals surface area contributed by atoms with Crippen LogP contribution in [0.5, 0.6) is 0 Å². The molecule has 1 saturated heterocycles. The zero-order chi connectivity index (χ0) is 23.7. The lowest BCUT2D eigenvalue weighted by molar-refractivity contribution is -0.114. The molecule has 2 aliphatic heterocycles. The van der Waals surface area contributed by atoms with Gasteiger partial charge in [0.15, 0.2) is 0 Å². The Morgan fingerprint density at radius 3 is 2.53 bits per heavy atom. The van der Waals surface area contributed by atoms with E-state index in [1.807, 2.05) is 29.2 Å². The molecule has 5 rings (SSSR count). The third kappa shape index (κ3) is 4.28.